The van der Waals surface area contributed by atoms with Crippen LogP contribution >= 0.6 is 0 Å². The van der Waals surface area contributed by atoms with Crippen molar-refractivity contribution in [1.29, 1.82) is 0 Å². The summed E-state index contributed by atoms with van der Waals surface area (Å²) in [5.41, 5.74) is 4.02. The molecule has 1 aromatic carbocycles. The average Bonchev–Trinajstić information content (AvgIpc) is 2.74. The molecular formula is C21H24N6O. The van der Waals surface area contributed by atoms with E-state index >= 15 is 0 Å². The number of aryl methyl sites for hydroxylation is 1. The molecule has 7 heteroatoms. The van der Waals surface area contributed by atoms with E-state index in [9.17, 15) is 0 Å². The van der Waals surface area contributed by atoms with Crippen LogP contribution in [0.15, 0.2) is 54.7 Å². The maximum atomic E-state index is 5.48. The summed E-state index contributed by atoms with van der Waals surface area (Å²) in [5, 5.41) is 6.71. The highest BCUT2D eigenvalue weighted by molar-refractivity contribution is 5.74. The predicted octanol–water partition coefficient (Wildman–Crippen LogP) is 3.37. The van der Waals surface area contributed by atoms with Crippen molar-refractivity contribution < 1.29 is 4.74 Å². The zero-order chi connectivity index (χ0) is 19.2. The third-order valence-corrected chi connectivity index (χ3v) is 4.53. The number of anilines is 4. The van der Waals surface area contributed by atoms with E-state index in [-0.39, 0.29) is 0 Å². The number of nitrogens with one attached hydrogen (secondary N) is 2. The molecule has 1 aliphatic rings. The molecule has 1 saturated heterocycles. The van der Waals surface area contributed by atoms with Gasteiger partial charge in [0.15, 0.2) is 0 Å². The van der Waals surface area contributed by atoms with Crippen molar-refractivity contribution in [3.8, 4) is 0 Å². The van der Waals surface area contributed by atoms with Crippen molar-refractivity contribution >= 4 is 23.1 Å². The maximum Gasteiger partial charge on any atom is 0.225 e. The van der Waals surface area contributed by atoms with Crippen molar-refractivity contribution in [3.63, 3.8) is 0 Å². The van der Waals surface area contributed by atoms with E-state index in [1.54, 1.807) is 6.20 Å². The average molecular weight is 376 g/mol. The first-order chi connectivity index (χ1) is 13.8. The van der Waals surface area contributed by atoms with Crippen molar-refractivity contribution in [3.05, 3.63) is 66.1 Å². The fraction of sp³-hybridized carbons (Fsp3) is 0.286. The van der Waals surface area contributed by atoms with Crippen molar-refractivity contribution in [1.82, 2.24) is 15.0 Å². The lowest BCUT2D eigenvalue weighted by Crippen LogP contribution is -2.36. The molecule has 3 aromatic rings. The molecule has 2 N–H and O–H groups in total. The van der Waals surface area contributed by atoms with Crippen LogP contribution in [-0.2, 0) is 11.3 Å². The summed E-state index contributed by atoms with van der Waals surface area (Å²) in [7, 11) is 0. The minimum atomic E-state index is 0.577. The molecule has 0 atom stereocenters. The second kappa shape index (κ2) is 8.67. The number of hydrogen-bond acceptors (Lipinski definition) is 7. The first-order valence-electron chi connectivity index (χ1n) is 9.46. The first kappa shape index (κ1) is 18.2. The van der Waals surface area contributed by atoms with Crippen LogP contribution in [0.3, 0.4) is 0 Å². The Morgan fingerprint density at radius 3 is 2.68 bits per heavy atom. The molecule has 3 heterocycles. The van der Waals surface area contributed by atoms with Crippen LogP contribution in [-0.4, -0.2) is 41.3 Å². The number of nitrogens with zero attached hydrogens (tertiary/aromatic N) is 4. The zero-order valence-corrected chi connectivity index (χ0v) is 15.9. The van der Waals surface area contributed by atoms with Crippen LogP contribution in [0.5, 0.6) is 0 Å². The lowest BCUT2D eigenvalue weighted by molar-refractivity contribution is 0.123. The minimum Gasteiger partial charge on any atom is -0.378 e. The number of morpholine rings is 1. The summed E-state index contributed by atoms with van der Waals surface area (Å²) in [6.07, 6.45) is 1.78. The van der Waals surface area contributed by atoms with Crippen LogP contribution in [0.2, 0.25) is 0 Å². The Morgan fingerprint density at radius 1 is 1.04 bits per heavy atom. The predicted molar refractivity (Wildman–Crippen MR) is 111 cm³/mol. The molecule has 7 nitrogen and oxygen atoms in total. The van der Waals surface area contributed by atoms with Gasteiger partial charge in [-0.05, 0) is 31.2 Å². The number of rotatable bonds is 6. The van der Waals surface area contributed by atoms with Crippen LogP contribution < -0.4 is 15.5 Å². The third kappa shape index (κ3) is 4.55. The summed E-state index contributed by atoms with van der Waals surface area (Å²) in [6, 6.07) is 16.1. The second-order valence-corrected chi connectivity index (χ2v) is 6.63. The standard InChI is InChI=1S/C21H24N6O/c1-16-14-20(26-21(24-16)23-15-17-6-4-5-9-22-17)25-18-7-2-3-8-19(18)27-10-12-28-13-11-27/h2-9,14H,10-13,15H2,1H3,(H2,23,24,25,26). The van der Waals surface area contributed by atoms with Crippen molar-refractivity contribution in [2.75, 3.05) is 41.8 Å². The van der Waals surface area contributed by atoms with Gasteiger partial charge < -0.3 is 20.3 Å². The lowest BCUT2D eigenvalue weighted by atomic mass is 10.2. The van der Waals surface area contributed by atoms with Crippen molar-refractivity contribution in [2.45, 2.75) is 13.5 Å². The molecule has 0 saturated carbocycles. The number of pyridine rings is 1. The molecular weight excluding hydrogens is 352 g/mol. The monoisotopic (exact) mass is 376 g/mol. The Kier molecular flexibility index (Phi) is 5.63. The summed E-state index contributed by atoms with van der Waals surface area (Å²) >= 11 is 0. The maximum absolute atomic E-state index is 5.48. The van der Waals surface area contributed by atoms with Gasteiger partial charge in [-0.1, -0.05) is 18.2 Å². The first-order valence-corrected chi connectivity index (χ1v) is 9.46. The summed E-state index contributed by atoms with van der Waals surface area (Å²) in [6.45, 7) is 5.82. The van der Waals surface area contributed by atoms with E-state index in [1.165, 1.54) is 0 Å². The van der Waals surface area contributed by atoms with E-state index in [0.717, 1.165) is 54.9 Å². The van der Waals surface area contributed by atoms with E-state index in [0.29, 0.717) is 12.5 Å². The van der Waals surface area contributed by atoms with Crippen LogP contribution in [0, 0.1) is 6.92 Å². The van der Waals surface area contributed by atoms with Gasteiger partial charge in [0.1, 0.15) is 5.82 Å². The number of para-hydroxylation sites is 2. The minimum absolute atomic E-state index is 0.577. The quantitative estimate of drug-likeness (QED) is 0.683. The molecule has 0 bridgehead atoms. The molecule has 4 rings (SSSR count). The molecule has 2 aromatic heterocycles. The molecule has 28 heavy (non-hydrogen) atoms. The van der Waals surface area contributed by atoms with Gasteiger partial charge in [-0.15, -0.1) is 0 Å². The topological polar surface area (TPSA) is 75.2 Å². The fourth-order valence-corrected chi connectivity index (χ4v) is 3.18. The van der Waals surface area contributed by atoms with Crippen molar-refractivity contribution in [2.24, 2.45) is 0 Å². The van der Waals surface area contributed by atoms with E-state index < -0.39 is 0 Å². The molecule has 0 radical (unpaired) electrons. The molecule has 0 unspecified atom stereocenters. The van der Waals surface area contributed by atoms with Gasteiger partial charge in [-0.3, -0.25) is 4.98 Å². The van der Waals surface area contributed by atoms with E-state index in [1.807, 2.05) is 37.3 Å². The van der Waals surface area contributed by atoms with E-state index in [4.69, 9.17) is 4.74 Å². The van der Waals surface area contributed by atoms with Gasteiger partial charge >= 0.3 is 0 Å². The Bertz CT molecular complexity index is 912. The Morgan fingerprint density at radius 2 is 1.86 bits per heavy atom. The molecule has 0 aliphatic carbocycles. The van der Waals surface area contributed by atoms with E-state index in [2.05, 4.69) is 48.7 Å². The summed E-state index contributed by atoms with van der Waals surface area (Å²) in [4.78, 5) is 15.8. The van der Waals surface area contributed by atoms with Gasteiger partial charge in [0.2, 0.25) is 5.95 Å². The smallest absolute Gasteiger partial charge is 0.225 e. The second-order valence-electron chi connectivity index (χ2n) is 6.63. The Balaban J connectivity index is 1.51. The Labute approximate surface area is 164 Å². The SMILES string of the molecule is Cc1cc(Nc2ccccc2N2CCOCC2)nc(NCc2ccccn2)n1. The van der Waals surface area contributed by atoms with Gasteiger partial charge in [-0.2, -0.15) is 4.98 Å². The highest BCUT2D eigenvalue weighted by Crippen LogP contribution is 2.29. The van der Waals surface area contributed by atoms with Crippen LogP contribution in [0.25, 0.3) is 0 Å². The number of ether oxygens (including phenoxy) is 1. The molecule has 0 spiro atoms. The zero-order valence-electron chi connectivity index (χ0n) is 15.9. The highest BCUT2D eigenvalue weighted by Gasteiger charge is 2.15. The number of hydrogen-bond donors (Lipinski definition) is 2. The largest absolute Gasteiger partial charge is 0.378 e. The lowest BCUT2D eigenvalue weighted by Gasteiger charge is -2.30. The highest BCUT2D eigenvalue weighted by atomic mass is 16.5. The molecule has 0 amide bonds. The third-order valence-electron chi connectivity index (χ3n) is 4.53. The fourth-order valence-electron chi connectivity index (χ4n) is 3.18. The summed E-state index contributed by atoms with van der Waals surface area (Å²) in [5.74, 6) is 1.34. The van der Waals surface area contributed by atoms with Crippen LogP contribution in [0.4, 0.5) is 23.1 Å². The van der Waals surface area contributed by atoms with Gasteiger partial charge in [0.05, 0.1) is 36.8 Å². The van der Waals surface area contributed by atoms with Gasteiger partial charge in [-0.25, -0.2) is 4.98 Å². The van der Waals surface area contributed by atoms with Gasteiger partial charge in [0, 0.05) is 31.0 Å². The molecule has 144 valence electrons. The summed E-state index contributed by atoms with van der Waals surface area (Å²) < 4.78 is 5.48. The van der Waals surface area contributed by atoms with Crippen LogP contribution in [0.1, 0.15) is 11.4 Å². The normalized spacial score (nSPS) is 14.0. The number of aromatic nitrogens is 3. The number of benzene rings is 1. The molecule has 1 fully saturated rings. The molecule has 1 aliphatic heterocycles. The van der Waals surface area contributed by atoms with Gasteiger partial charge in [0.25, 0.3) is 0 Å². The Hall–Kier alpha value is -3.19.